The van der Waals surface area contributed by atoms with E-state index in [0.29, 0.717) is 5.58 Å². The molecule has 0 radical (unpaired) electrons. The average molecular weight is 263 g/mol. The van der Waals surface area contributed by atoms with Crippen LogP contribution < -0.4 is 5.32 Å². The molecule has 1 heterocycles. The predicted molar refractivity (Wildman–Crippen MR) is 67.0 cm³/mol. The zero-order chi connectivity index (χ0) is 13.8. The Balaban J connectivity index is 2.16. The van der Waals surface area contributed by atoms with Crippen molar-refractivity contribution in [2.75, 3.05) is 13.7 Å². The highest BCUT2D eigenvalue weighted by atomic mass is 16.5. The van der Waals surface area contributed by atoms with Gasteiger partial charge >= 0.3 is 5.97 Å². The van der Waals surface area contributed by atoms with E-state index in [4.69, 9.17) is 14.3 Å². The fourth-order valence-electron chi connectivity index (χ4n) is 1.66. The van der Waals surface area contributed by atoms with Crippen LogP contribution in [0.2, 0.25) is 0 Å². The lowest BCUT2D eigenvalue weighted by Crippen LogP contribution is -2.43. The number of ether oxygens (including phenoxy) is 1. The Morgan fingerprint density at radius 3 is 2.79 bits per heavy atom. The number of hydrogen-bond donors (Lipinski definition) is 2. The summed E-state index contributed by atoms with van der Waals surface area (Å²) >= 11 is 0. The first-order valence-electron chi connectivity index (χ1n) is 5.63. The van der Waals surface area contributed by atoms with Crippen LogP contribution in [0.3, 0.4) is 0 Å². The molecular formula is C13H13NO5. The minimum absolute atomic E-state index is 0.0727. The second-order valence-corrected chi connectivity index (χ2v) is 3.97. The molecule has 2 N–H and O–H groups in total. The molecule has 0 saturated heterocycles. The number of carbonyl (C=O) groups is 2. The quantitative estimate of drug-likeness (QED) is 0.847. The van der Waals surface area contributed by atoms with Gasteiger partial charge in [-0.05, 0) is 12.1 Å². The predicted octanol–water partition coefficient (Wildman–Crippen LogP) is 1.26. The van der Waals surface area contributed by atoms with Gasteiger partial charge in [0.05, 0.1) is 6.61 Å². The summed E-state index contributed by atoms with van der Waals surface area (Å²) in [4.78, 5) is 22.8. The number of nitrogens with one attached hydrogen (secondary N) is 1. The zero-order valence-corrected chi connectivity index (χ0v) is 10.3. The van der Waals surface area contributed by atoms with E-state index in [1.807, 2.05) is 6.07 Å². The summed E-state index contributed by atoms with van der Waals surface area (Å²) in [6.45, 7) is -0.110. The maximum absolute atomic E-state index is 11.9. The van der Waals surface area contributed by atoms with Gasteiger partial charge in [0, 0.05) is 12.5 Å². The summed E-state index contributed by atoms with van der Waals surface area (Å²) < 4.78 is 10.1. The molecule has 6 heteroatoms. The van der Waals surface area contributed by atoms with Crippen LogP contribution in [0.1, 0.15) is 10.6 Å². The van der Waals surface area contributed by atoms with E-state index in [2.05, 4.69) is 5.32 Å². The molecule has 0 fully saturated rings. The minimum atomic E-state index is -1.16. The molecule has 0 aliphatic rings. The molecule has 1 unspecified atom stereocenters. The van der Waals surface area contributed by atoms with Crippen LogP contribution in [-0.4, -0.2) is 36.7 Å². The Hall–Kier alpha value is -2.34. The lowest BCUT2D eigenvalue weighted by atomic mass is 10.2. The van der Waals surface area contributed by atoms with Crippen molar-refractivity contribution in [2.24, 2.45) is 0 Å². The largest absolute Gasteiger partial charge is 0.480 e. The van der Waals surface area contributed by atoms with Crippen LogP contribution in [0.25, 0.3) is 11.0 Å². The van der Waals surface area contributed by atoms with Crippen molar-refractivity contribution in [2.45, 2.75) is 6.04 Å². The monoisotopic (exact) mass is 263 g/mol. The molecule has 0 aliphatic heterocycles. The van der Waals surface area contributed by atoms with Crippen LogP contribution in [0.5, 0.6) is 0 Å². The van der Waals surface area contributed by atoms with Gasteiger partial charge in [0.15, 0.2) is 11.8 Å². The summed E-state index contributed by atoms with van der Waals surface area (Å²) in [5.41, 5.74) is 0.575. The minimum Gasteiger partial charge on any atom is -0.480 e. The number of hydrogen-bond acceptors (Lipinski definition) is 4. The zero-order valence-electron chi connectivity index (χ0n) is 10.3. The van der Waals surface area contributed by atoms with Crippen LogP contribution in [-0.2, 0) is 9.53 Å². The lowest BCUT2D eigenvalue weighted by Gasteiger charge is -2.11. The number of carbonyl (C=O) groups excluding carboxylic acids is 1. The highest BCUT2D eigenvalue weighted by Crippen LogP contribution is 2.18. The van der Waals surface area contributed by atoms with Gasteiger partial charge in [-0.15, -0.1) is 0 Å². The molecule has 1 atom stereocenters. The topological polar surface area (TPSA) is 88.8 Å². The summed E-state index contributed by atoms with van der Waals surface area (Å²) in [6.07, 6.45) is 0. The maximum atomic E-state index is 11.9. The number of fused-ring (bicyclic) bond motifs is 1. The normalized spacial score (nSPS) is 12.3. The molecule has 0 aliphatic carbocycles. The summed E-state index contributed by atoms with van der Waals surface area (Å²) in [5, 5.41) is 12.0. The van der Waals surface area contributed by atoms with Gasteiger partial charge in [-0.2, -0.15) is 0 Å². The number of aliphatic carboxylic acids is 1. The molecular weight excluding hydrogens is 250 g/mol. The Morgan fingerprint density at radius 2 is 2.16 bits per heavy atom. The summed E-state index contributed by atoms with van der Waals surface area (Å²) in [5.74, 6) is -1.67. The number of methoxy groups -OCH3 is 1. The molecule has 2 rings (SSSR count). The van der Waals surface area contributed by atoms with Gasteiger partial charge in [0.2, 0.25) is 0 Å². The van der Waals surface area contributed by atoms with Crippen molar-refractivity contribution in [3.05, 3.63) is 36.1 Å². The number of amides is 1. The van der Waals surface area contributed by atoms with Crippen LogP contribution in [0.4, 0.5) is 0 Å². The van der Waals surface area contributed by atoms with Crippen molar-refractivity contribution in [1.82, 2.24) is 5.32 Å². The standard InChI is InChI=1S/C13H13NO5/c1-18-7-9(13(16)17)14-12(15)11-6-8-4-2-3-5-10(8)19-11/h2-6,9H,7H2,1H3,(H,14,15)(H,16,17). The molecule has 6 nitrogen and oxygen atoms in total. The molecule has 1 aromatic heterocycles. The molecule has 1 amide bonds. The van der Waals surface area contributed by atoms with Gasteiger partial charge in [0.1, 0.15) is 5.58 Å². The number of para-hydroxylation sites is 1. The number of benzene rings is 1. The molecule has 0 bridgehead atoms. The van der Waals surface area contributed by atoms with Crippen molar-refractivity contribution < 1.29 is 23.8 Å². The number of furan rings is 1. The molecule has 0 saturated carbocycles. The van der Waals surface area contributed by atoms with E-state index in [-0.39, 0.29) is 12.4 Å². The maximum Gasteiger partial charge on any atom is 0.328 e. The van der Waals surface area contributed by atoms with E-state index in [1.165, 1.54) is 7.11 Å². The van der Waals surface area contributed by atoms with E-state index in [9.17, 15) is 9.59 Å². The third-order valence-electron chi connectivity index (χ3n) is 2.59. The first kappa shape index (κ1) is 13.1. The third-order valence-corrected chi connectivity index (χ3v) is 2.59. The molecule has 19 heavy (non-hydrogen) atoms. The fourth-order valence-corrected chi connectivity index (χ4v) is 1.66. The second kappa shape index (κ2) is 5.53. The SMILES string of the molecule is COCC(NC(=O)c1cc2ccccc2o1)C(=O)O. The van der Waals surface area contributed by atoms with Gasteiger partial charge in [-0.25, -0.2) is 4.79 Å². The van der Waals surface area contributed by atoms with Gasteiger partial charge in [-0.3, -0.25) is 4.79 Å². The first-order chi connectivity index (χ1) is 9.11. The van der Waals surface area contributed by atoms with Crippen molar-refractivity contribution in [3.8, 4) is 0 Å². The van der Waals surface area contributed by atoms with Gasteiger partial charge in [0.25, 0.3) is 5.91 Å². The first-order valence-corrected chi connectivity index (χ1v) is 5.63. The van der Waals surface area contributed by atoms with Crippen LogP contribution >= 0.6 is 0 Å². The Morgan fingerprint density at radius 1 is 1.42 bits per heavy atom. The highest BCUT2D eigenvalue weighted by molar-refractivity contribution is 5.97. The average Bonchev–Trinajstić information content (AvgIpc) is 2.81. The fraction of sp³-hybridized carbons (Fsp3) is 0.231. The summed E-state index contributed by atoms with van der Waals surface area (Å²) in [7, 11) is 1.36. The van der Waals surface area contributed by atoms with Crippen LogP contribution in [0, 0.1) is 0 Å². The van der Waals surface area contributed by atoms with E-state index < -0.39 is 17.9 Å². The van der Waals surface area contributed by atoms with Crippen LogP contribution in [0.15, 0.2) is 34.7 Å². The van der Waals surface area contributed by atoms with Gasteiger partial charge < -0.3 is 19.6 Å². The van der Waals surface area contributed by atoms with Crippen molar-refractivity contribution in [1.29, 1.82) is 0 Å². The highest BCUT2D eigenvalue weighted by Gasteiger charge is 2.22. The van der Waals surface area contributed by atoms with Crippen molar-refractivity contribution >= 4 is 22.8 Å². The second-order valence-electron chi connectivity index (χ2n) is 3.97. The summed E-state index contributed by atoms with van der Waals surface area (Å²) in [6, 6.07) is 7.61. The van der Waals surface area contributed by atoms with Gasteiger partial charge in [-0.1, -0.05) is 18.2 Å². The van der Waals surface area contributed by atoms with E-state index in [1.54, 1.807) is 24.3 Å². The third kappa shape index (κ3) is 2.92. The molecule has 0 spiro atoms. The van der Waals surface area contributed by atoms with Crippen molar-refractivity contribution in [3.63, 3.8) is 0 Å². The van der Waals surface area contributed by atoms with E-state index in [0.717, 1.165) is 5.39 Å². The van der Waals surface area contributed by atoms with E-state index >= 15 is 0 Å². The number of carboxylic acids is 1. The Labute approximate surface area is 109 Å². The molecule has 2 aromatic rings. The molecule has 1 aromatic carbocycles. The smallest absolute Gasteiger partial charge is 0.328 e. The Bertz CT molecular complexity index is 571. The lowest BCUT2D eigenvalue weighted by molar-refractivity contribution is -0.140. The number of rotatable bonds is 5. The Kier molecular flexibility index (Phi) is 3.82. The molecule has 100 valence electrons. The number of carboxylic acid groups (broad SMARTS) is 1.